The fourth-order valence-corrected chi connectivity index (χ4v) is 1.93. The molecule has 0 heterocycles. The van der Waals surface area contributed by atoms with Crippen molar-refractivity contribution in [1.82, 2.24) is 5.32 Å². The van der Waals surface area contributed by atoms with Gasteiger partial charge in [0, 0.05) is 37.1 Å². The molecule has 1 aromatic rings. The van der Waals surface area contributed by atoms with E-state index < -0.39 is 10.9 Å². The molecular weight excluding hydrogens is 314 g/mol. The van der Waals surface area contributed by atoms with Crippen LogP contribution in [-0.2, 0) is 9.59 Å². The molecule has 0 aliphatic carbocycles. The van der Waals surface area contributed by atoms with Crippen LogP contribution in [0.4, 0.5) is 5.69 Å². The number of nitrogens with one attached hydrogen (secondary N) is 1. The van der Waals surface area contributed by atoms with Gasteiger partial charge < -0.3 is 15.8 Å². The summed E-state index contributed by atoms with van der Waals surface area (Å²) in [6.07, 6.45) is 1.54. The quantitative estimate of drug-likeness (QED) is 0.307. The van der Waals surface area contributed by atoms with Crippen LogP contribution < -0.4 is 15.8 Å². The topological polar surface area (TPSA) is 125 Å². The molecule has 2 unspecified atom stereocenters. The summed E-state index contributed by atoms with van der Waals surface area (Å²) in [4.78, 5) is 33.4. The Kier molecular flexibility index (Phi) is 7.84. The van der Waals surface area contributed by atoms with E-state index in [2.05, 4.69) is 5.32 Å². The van der Waals surface area contributed by atoms with E-state index in [4.69, 9.17) is 10.5 Å². The minimum atomic E-state index is -0.526. The Morgan fingerprint density at radius 2 is 1.83 bits per heavy atom. The number of nitrogens with two attached hydrogens (primary N) is 1. The zero-order chi connectivity index (χ0) is 18.1. The number of nitro groups is 1. The van der Waals surface area contributed by atoms with Crippen LogP contribution in [0.15, 0.2) is 24.3 Å². The van der Waals surface area contributed by atoms with Crippen LogP contribution in [0.2, 0.25) is 0 Å². The van der Waals surface area contributed by atoms with Gasteiger partial charge in [0.05, 0.1) is 4.92 Å². The molecule has 1 aromatic carbocycles. The van der Waals surface area contributed by atoms with Crippen molar-refractivity contribution in [3.8, 4) is 5.75 Å². The van der Waals surface area contributed by atoms with Crippen LogP contribution in [0, 0.1) is 10.1 Å². The summed E-state index contributed by atoms with van der Waals surface area (Å²) in [7, 11) is 0. The number of carbonyl (C=O) groups excluding carboxylic acids is 2. The summed E-state index contributed by atoms with van der Waals surface area (Å²) < 4.78 is 5.09. The molecule has 24 heavy (non-hydrogen) atoms. The first kappa shape index (κ1) is 19.6. The number of benzene rings is 1. The number of hydrogen-bond donors (Lipinski definition) is 2. The highest BCUT2D eigenvalue weighted by Crippen LogP contribution is 2.18. The third kappa shape index (κ3) is 7.68. The van der Waals surface area contributed by atoms with Gasteiger partial charge in [0.2, 0.25) is 5.91 Å². The monoisotopic (exact) mass is 337 g/mol. The van der Waals surface area contributed by atoms with E-state index in [0.29, 0.717) is 19.3 Å². The predicted octanol–water partition coefficient (Wildman–Crippen LogP) is 1.91. The summed E-state index contributed by atoms with van der Waals surface area (Å²) in [5, 5.41) is 13.3. The average Bonchev–Trinajstić information content (AvgIpc) is 2.51. The second kappa shape index (κ2) is 9.61. The van der Waals surface area contributed by atoms with Crippen molar-refractivity contribution >= 4 is 17.6 Å². The smallest absolute Gasteiger partial charge is 0.311 e. The minimum Gasteiger partial charge on any atom is -0.427 e. The standard InChI is InChI=1S/C16H23N3O5/c1-11(17)3-9-15(20)18-12(2)4-10-16(21)24-14-7-5-13(6-8-14)19(22)23/h5-8,11-12H,3-4,9-10,17H2,1-2H3,(H,18,20). The number of amides is 1. The van der Waals surface area contributed by atoms with Crippen molar-refractivity contribution in [2.45, 2.75) is 51.6 Å². The van der Waals surface area contributed by atoms with Gasteiger partial charge in [-0.1, -0.05) is 0 Å². The lowest BCUT2D eigenvalue weighted by atomic mass is 10.1. The minimum absolute atomic E-state index is 0.0252. The fraction of sp³-hybridized carbons (Fsp3) is 0.500. The molecule has 0 radical (unpaired) electrons. The molecule has 1 amide bonds. The Balaban J connectivity index is 2.32. The third-order valence-electron chi connectivity index (χ3n) is 3.29. The second-order valence-electron chi connectivity index (χ2n) is 5.75. The third-order valence-corrected chi connectivity index (χ3v) is 3.29. The lowest BCUT2D eigenvalue weighted by Gasteiger charge is -2.14. The van der Waals surface area contributed by atoms with E-state index in [1.165, 1.54) is 24.3 Å². The van der Waals surface area contributed by atoms with Crippen LogP contribution in [0.1, 0.15) is 39.5 Å². The maximum Gasteiger partial charge on any atom is 0.311 e. The number of esters is 1. The molecule has 0 fully saturated rings. The van der Waals surface area contributed by atoms with Gasteiger partial charge in [0.15, 0.2) is 0 Å². The van der Waals surface area contributed by atoms with Crippen LogP contribution in [-0.4, -0.2) is 28.9 Å². The number of rotatable bonds is 9. The number of non-ortho nitro benzene ring substituents is 1. The largest absolute Gasteiger partial charge is 0.427 e. The molecule has 0 bridgehead atoms. The van der Waals surface area contributed by atoms with Crippen molar-refractivity contribution in [3.63, 3.8) is 0 Å². The van der Waals surface area contributed by atoms with Crippen molar-refractivity contribution in [2.24, 2.45) is 5.73 Å². The van der Waals surface area contributed by atoms with Gasteiger partial charge in [-0.05, 0) is 38.8 Å². The molecule has 3 N–H and O–H groups in total. The highest BCUT2D eigenvalue weighted by molar-refractivity contribution is 5.76. The van der Waals surface area contributed by atoms with E-state index in [1.54, 1.807) is 0 Å². The van der Waals surface area contributed by atoms with Gasteiger partial charge in [0.25, 0.3) is 5.69 Å². The van der Waals surface area contributed by atoms with Crippen molar-refractivity contribution in [2.75, 3.05) is 0 Å². The lowest BCUT2D eigenvalue weighted by molar-refractivity contribution is -0.384. The molecule has 1 rings (SSSR count). The van der Waals surface area contributed by atoms with E-state index in [-0.39, 0.29) is 35.8 Å². The van der Waals surface area contributed by atoms with Crippen molar-refractivity contribution in [1.29, 1.82) is 0 Å². The highest BCUT2D eigenvalue weighted by Gasteiger charge is 2.12. The number of nitro benzene ring substituents is 1. The molecule has 0 saturated heterocycles. The number of ether oxygens (including phenoxy) is 1. The second-order valence-corrected chi connectivity index (χ2v) is 5.75. The summed E-state index contributed by atoms with van der Waals surface area (Å²) in [5.41, 5.74) is 5.52. The Bertz CT molecular complexity index is 572. The normalized spacial score (nSPS) is 13.0. The Hall–Kier alpha value is -2.48. The predicted molar refractivity (Wildman–Crippen MR) is 88.5 cm³/mol. The van der Waals surface area contributed by atoms with Gasteiger partial charge in [-0.2, -0.15) is 0 Å². The molecule has 0 aliphatic heterocycles. The molecule has 0 spiro atoms. The van der Waals surface area contributed by atoms with E-state index in [0.717, 1.165) is 0 Å². The SMILES string of the molecule is CC(N)CCC(=O)NC(C)CCC(=O)Oc1ccc([N+](=O)[O-])cc1. The molecule has 0 saturated carbocycles. The van der Waals surface area contributed by atoms with Crippen LogP contribution in [0.3, 0.4) is 0 Å². The lowest BCUT2D eigenvalue weighted by Crippen LogP contribution is -2.34. The van der Waals surface area contributed by atoms with Gasteiger partial charge in [-0.25, -0.2) is 0 Å². The zero-order valence-electron chi connectivity index (χ0n) is 13.9. The first-order valence-corrected chi connectivity index (χ1v) is 7.78. The summed E-state index contributed by atoms with van der Waals surface area (Å²) in [6, 6.07) is 5.09. The zero-order valence-corrected chi connectivity index (χ0v) is 13.9. The van der Waals surface area contributed by atoms with E-state index >= 15 is 0 Å². The first-order valence-electron chi connectivity index (χ1n) is 7.78. The first-order chi connectivity index (χ1) is 11.3. The number of carbonyl (C=O) groups is 2. The van der Waals surface area contributed by atoms with Gasteiger partial charge in [0.1, 0.15) is 5.75 Å². The Labute approximate surface area is 140 Å². The molecule has 8 heteroatoms. The summed E-state index contributed by atoms with van der Waals surface area (Å²) >= 11 is 0. The van der Waals surface area contributed by atoms with Crippen LogP contribution in [0.25, 0.3) is 0 Å². The molecule has 0 aliphatic rings. The van der Waals surface area contributed by atoms with Crippen molar-refractivity contribution in [3.05, 3.63) is 34.4 Å². The maximum atomic E-state index is 11.8. The highest BCUT2D eigenvalue weighted by atomic mass is 16.6. The number of nitrogens with zero attached hydrogens (tertiary/aromatic N) is 1. The van der Waals surface area contributed by atoms with Gasteiger partial charge in [-0.3, -0.25) is 19.7 Å². The molecule has 132 valence electrons. The Morgan fingerprint density at radius 3 is 2.38 bits per heavy atom. The Morgan fingerprint density at radius 1 is 1.21 bits per heavy atom. The fourth-order valence-electron chi connectivity index (χ4n) is 1.93. The molecule has 0 aromatic heterocycles. The van der Waals surface area contributed by atoms with E-state index in [1.807, 2.05) is 13.8 Å². The van der Waals surface area contributed by atoms with Crippen molar-refractivity contribution < 1.29 is 19.2 Å². The van der Waals surface area contributed by atoms with Gasteiger partial charge >= 0.3 is 5.97 Å². The maximum absolute atomic E-state index is 11.8. The molecule has 8 nitrogen and oxygen atoms in total. The van der Waals surface area contributed by atoms with Gasteiger partial charge in [-0.15, -0.1) is 0 Å². The average molecular weight is 337 g/mol. The van der Waals surface area contributed by atoms with Crippen LogP contribution in [0.5, 0.6) is 5.75 Å². The molecular formula is C16H23N3O5. The van der Waals surface area contributed by atoms with Crippen LogP contribution >= 0.6 is 0 Å². The number of hydrogen-bond acceptors (Lipinski definition) is 6. The van der Waals surface area contributed by atoms with E-state index in [9.17, 15) is 19.7 Å². The summed E-state index contributed by atoms with van der Waals surface area (Å²) in [5.74, 6) is -0.303. The molecule has 2 atom stereocenters. The summed E-state index contributed by atoms with van der Waals surface area (Å²) in [6.45, 7) is 3.65.